The van der Waals surface area contributed by atoms with Gasteiger partial charge >= 0.3 is 0 Å². The molecule has 0 saturated heterocycles. The molecule has 0 aliphatic carbocycles. The molecule has 3 aromatic rings. The van der Waals surface area contributed by atoms with Gasteiger partial charge in [0.25, 0.3) is 0 Å². The van der Waals surface area contributed by atoms with Gasteiger partial charge in [0.15, 0.2) is 0 Å². The molecule has 1 atom stereocenters. The first kappa shape index (κ1) is 14.8. The molecular weight excluding hydrogens is 318 g/mol. The molecule has 0 saturated carbocycles. The fraction of sp³-hybridized carbons (Fsp3) is 0.0556. The van der Waals surface area contributed by atoms with Crippen LogP contribution in [0.4, 0.5) is 0 Å². The quantitative estimate of drug-likeness (QED) is 0.663. The molecular formula is C18H13N5O2. The molecule has 0 bridgehead atoms. The number of hydrogen-bond acceptors (Lipinski definition) is 6. The number of pyridine rings is 1. The molecule has 3 heterocycles. The molecule has 122 valence electrons. The third kappa shape index (κ3) is 2.37. The molecule has 1 aromatic carbocycles. The van der Waals surface area contributed by atoms with Crippen LogP contribution in [-0.4, -0.2) is 20.3 Å². The lowest BCUT2D eigenvalue weighted by Gasteiger charge is -2.24. The van der Waals surface area contributed by atoms with Crippen LogP contribution in [0.2, 0.25) is 0 Å². The van der Waals surface area contributed by atoms with E-state index in [9.17, 15) is 10.4 Å². The van der Waals surface area contributed by atoms with Crippen molar-refractivity contribution < 1.29 is 9.84 Å². The number of nitriles is 1. The Labute approximate surface area is 143 Å². The zero-order chi connectivity index (χ0) is 17.4. The molecule has 4 N–H and O–H groups in total. The Morgan fingerprint density at radius 2 is 1.88 bits per heavy atom. The van der Waals surface area contributed by atoms with Gasteiger partial charge in [0.05, 0.1) is 17.2 Å². The largest absolute Gasteiger partial charge is 0.508 e. The van der Waals surface area contributed by atoms with Crippen molar-refractivity contribution in [2.45, 2.75) is 5.92 Å². The molecule has 0 spiro atoms. The minimum Gasteiger partial charge on any atom is -0.508 e. The normalized spacial score (nSPS) is 16.0. The van der Waals surface area contributed by atoms with Crippen molar-refractivity contribution in [3.8, 4) is 29.0 Å². The summed E-state index contributed by atoms with van der Waals surface area (Å²) in [4.78, 5) is 4.02. The van der Waals surface area contributed by atoms with Gasteiger partial charge < -0.3 is 15.6 Å². The van der Waals surface area contributed by atoms with Crippen molar-refractivity contribution in [2.24, 2.45) is 5.73 Å². The number of hydrogen-bond donors (Lipinski definition) is 3. The van der Waals surface area contributed by atoms with E-state index in [1.165, 1.54) is 0 Å². The summed E-state index contributed by atoms with van der Waals surface area (Å²) in [5.74, 6) is 0.0616. The zero-order valence-electron chi connectivity index (χ0n) is 13.0. The number of H-pyrrole nitrogens is 1. The van der Waals surface area contributed by atoms with Gasteiger partial charge in [-0.1, -0.05) is 12.1 Å². The standard InChI is InChI=1S/C18H13N5O2/c19-9-13-14(10-1-3-12(24)4-2-10)15-16(11-5-7-21-8-6-11)22-23-18(15)25-17(13)20/h1-8,14,24H,20H2,(H,22,23). The van der Waals surface area contributed by atoms with Gasteiger partial charge in [-0.05, 0) is 29.8 Å². The smallest absolute Gasteiger partial charge is 0.244 e. The Morgan fingerprint density at radius 3 is 2.56 bits per heavy atom. The maximum absolute atomic E-state index is 9.61. The van der Waals surface area contributed by atoms with Crippen molar-refractivity contribution in [3.05, 3.63) is 71.4 Å². The summed E-state index contributed by atoms with van der Waals surface area (Å²) in [5.41, 5.74) is 9.36. The number of nitrogens with zero attached hydrogens (tertiary/aromatic N) is 3. The van der Waals surface area contributed by atoms with Crippen LogP contribution in [0.3, 0.4) is 0 Å². The van der Waals surface area contributed by atoms with Crippen molar-refractivity contribution in [2.75, 3.05) is 0 Å². The molecule has 1 unspecified atom stereocenters. The van der Waals surface area contributed by atoms with Gasteiger partial charge in [-0.3, -0.25) is 10.1 Å². The lowest BCUT2D eigenvalue weighted by molar-refractivity contribution is 0.379. The summed E-state index contributed by atoms with van der Waals surface area (Å²) in [6.45, 7) is 0. The highest BCUT2D eigenvalue weighted by Crippen LogP contribution is 2.45. The zero-order valence-corrected chi connectivity index (χ0v) is 13.0. The summed E-state index contributed by atoms with van der Waals surface area (Å²) in [6.07, 6.45) is 3.36. The minimum atomic E-state index is -0.448. The van der Waals surface area contributed by atoms with Crippen molar-refractivity contribution in [1.29, 1.82) is 5.26 Å². The van der Waals surface area contributed by atoms with Gasteiger partial charge in [0.2, 0.25) is 11.8 Å². The number of aromatic hydroxyl groups is 1. The van der Waals surface area contributed by atoms with E-state index >= 15 is 0 Å². The maximum Gasteiger partial charge on any atom is 0.244 e. The predicted molar refractivity (Wildman–Crippen MR) is 89.2 cm³/mol. The Hall–Kier alpha value is -3.79. The lowest BCUT2D eigenvalue weighted by atomic mass is 9.83. The van der Waals surface area contributed by atoms with Gasteiger partial charge in [-0.2, -0.15) is 5.26 Å². The second kappa shape index (κ2) is 5.69. The molecule has 0 fully saturated rings. The molecule has 1 aliphatic heterocycles. The number of aromatic nitrogens is 3. The number of aromatic amines is 1. The number of fused-ring (bicyclic) bond motifs is 1. The van der Waals surface area contributed by atoms with Crippen LogP contribution in [0.15, 0.2) is 60.2 Å². The lowest BCUT2D eigenvalue weighted by Crippen LogP contribution is -2.20. The summed E-state index contributed by atoms with van der Waals surface area (Å²) in [7, 11) is 0. The number of rotatable bonds is 2. The van der Waals surface area contributed by atoms with Gasteiger partial charge in [-0.25, -0.2) is 0 Å². The molecule has 0 radical (unpaired) electrons. The Morgan fingerprint density at radius 1 is 1.16 bits per heavy atom. The van der Waals surface area contributed by atoms with Crippen LogP contribution >= 0.6 is 0 Å². The fourth-order valence-electron chi connectivity index (χ4n) is 2.98. The average molecular weight is 331 g/mol. The number of ether oxygens (including phenoxy) is 1. The minimum absolute atomic E-state index is 0.0286. The Bertz CT molecular complexity index is 1000. The van der Waals surface area contributed by atoms with E-state index in [0.29, 0.717) is 11.5 Å². The average Bonchev–Trinajstić information content (AvgIpc) is 3.05. The third-order valence-corrected chi connectivity index (χ3v) is 4.13. The van der Waals surface area contributed by atoms with Crippen molar-refractivity contribution in [3.63, 3.8) is 0 Å². The van der Waals surface area contributed by atoms with E-state index < -0.39 is 5.92 Å². The van der Waals surface area contributed by atoms with Crippen LogP contribution in [-0.2, 0) is 0 Å². The van der Waals surface area contributed by atoms with E-state index in [4.69, 9.17) is 10.5 Å². The van der Waals surface area contributed by atoms with E-state index in [0.717, 1.165) is 22.4 Å². The molecule has 1 aliphatic rings. The number of nitrogens with one attached hydrogen (secondary N) is 1. The van der Waals surface area contributed by atoms with Crippen molar-refractivity contribution >= 4 is 0 Å². The monoisotopic (exact) mass is 331 g/mol. The van der Waals surface area contributed by atoms with Gasteiger partial charge in [0, 0.05) is 18.0 Å². The van der Waals surface area contributed by atoms with Crippen LogP contribution in [0.5, 0.6) is 11.6 Å². The summed E-state index contributed by atoms with van der Waals surface area (Å²) >= 11 is 0. The summed E-state index contributed by atoms with van der Waals surface area (Å²) < 4.78 is 5.54. The number of allylic oxidation sites excluding steroid dienone is 1. The third-order valence-electron chi connectivity index (χ3n) is 4.13. The van der Waals surface area contributed by atoms with Crippen LogP contribution in [0, 0.1) is 11.3 Å². The first-order chi connectivity index (χ1) is 12.2. The molecule has 2 aromatic heterocycles. The maximum atomic E-state index is 9.61. The molecule has 7 nitrogen and oxygen atoms in total. The Kier molecular flexibility index (Phi) is 3.36. The topological polar surface area (TPSA) is 121 Å². The van der Waals surface area contributed by atoms with Gasteiger partial charge in [0.1, 0.15) is 17.4 Å². The molecule has 25 heavy (non-hydrogen) atoms. The van der Waals surface area contributed by atoms with E-state index in [1.54, 1.807) is 36.7 Å². The number of benzene rings is 1. The SMILES string of the molecule is N#CC1=C(N)Oc2n[nH]c(-c3ccncc3)c2C1c1ccc(O)cc1. The summed E-state index contributed by atoms with van der Waals surface area (Å²) in [6, 6.07) is 12.5. The highest BCUT2D eigenvalue weighted by Gasteiger charge is 2.35. The molecule has 7 heteroatoms. The second-order valence-electron chi connectivity index (χ2n) is 5.57. The van der Waals surface area contributed by atoms with Crippen LogP contribution in [0.25, 0.3) is 11.3 Å². The highest BCUT2D eigenvalue weighted by molar-refractivity contribution is 5.70. The van der Waals surface area contributed by atoms with E-state index in [2.05, 4.69) is 21.3 Å². The second-order valence-corrected chi connectivity index (χ2v) is 5.57. The molecule has 0 amide bonds. The van der Waals surface area contributed by atoms with Crippen LogP contribution < -0.4 is 10.5 Å². The van der Waals surface area contributed by atoms with Crippen LogP contribution in [0.1, 0.15) is 17.0 Å². The number of phenolic OH excluding ortho intramolecular Hbond substituents is 1. The highest BCUT2D eigenvalue weighted by atomic mass is 16.5. The molecule has 4 rings (SSSR count). The van der Waals surface area contributed by atoms with E-state index in [1.807, 2.05) is 12.1 Å². The predicted octanol–water partition coefficient (Wildman–Crippen LogP) is 2.40. The van der Waals surface area contributed by atoms with Gasteiger partial charge in [-0.15, -0.1) is 5.10 Å². The first-order valence-electron chi connectivity index (χ1n) is 7.54. The van der Waals surface area contributed by atoms with E-state index in [-0.39, 0.29) is 11.6 Å². The summed E-state index contributed by atoms with van der Waals surface area (Å²) in [5, 5.41) is 26.4. The fourth-order valence-corrected chi connectivity index (χ4v) is 2.98. The van der Waals surface area contributed by atoms with Crippen molar-refractivity contribution in [1.82, 2.24) is 15.2 Å². The first-order valence-corrected chi connectivity index (χ1v) is 7.54. The Balaban J connectivity index is 1.95. The number of nitrogens with two attached hydrogens (primary N) is 1. The number of phenols is 1.